The Hall–Kier alpha value is -2.63. The Morgan fingerprint density at radius 3 is 1.28 bits per heavy atom. The van der Waals surface area contributed by atoms with Gasteiger partial charge in [-0.1, -0.05) is 259 Å². The van der Waals surface area contributed by atoms with Gasteiger partial charge in [-0.3, -0.25) is 4.79 Å². The number of rotatable bonds is 50. The second kappa shape index (κ2) is 51.8. The van der Waals surface area contributed by atoms with Crippen LogP contribution in [0.2, 0.25) is 0 Å². The molecule has 1 saturated heterocycles. The predicted molar refractivity (Wildman–Crippen MR) is 304 cm³/mol. The molecule has 0 aromatic rings. The van der Waals surface area contributed by atoms with Crippen LogP contribution >= 0.6 is 0 Å². The number of hydrogen-bond donors (Lipinski definition) is 6. The molecule has 416 valence electrons. The van der Waals surface area contributed by atoms with Crippen LogP contribution in [0.4, 0.5) is 0 Å². The molecular formula is C63H111NO8. The van der Waals surface area contributed by atoms with Crippen molar-refractivity contribution in [2.45, 2.75) is 294 Å². The maximum Gasteiger partial charge on any atom is 0.220 e. The van der Waals surface area contributed by atoms with Gasteiger partial charge in [0.05, 0.1) is 25.4 Å². The van der Waals surface area contributed by atoms with E-state index < -0.39 is 49.5 Å². The maximum atomic E-state index is 13.1. The molecule has 9 heteroatoms. The van der Waals surface area contributed by atoms with E-state index in [0.29, 0.717) is 6.42 Å². The van der Waals surface area contributed by atoms with Crippen LogP contribution < -0.4 is 5.32 Å². The summed E-state index contributed by atoms with van der Waals surface area (Å²) in [6, 6.07) is -0.813. The third kappa shape index (κ3) is 40.7. The summed E-state index contributed by atoms with van der Waals surface area (Å²) in [5.41, 5.74) is 0. The second-order valence-corrected chi connectivity index (χ2v) is 20.4. The molecule has 0 saturated carbocycles. The lowest BCUT2D eigenvalue weighted by atomic mass is 9.99. The van der Waals surface area contributed by atoms with E-state index in [1.807, 2.05) is 6.08 Å². The average molecular weight is 1010 g/mol. The van der Waals surface area contributed by atoms with E-state index in [-0.39, 0.29) is 12.5 Å². The molecule has 0 radical (unpaired) electrons. The number of unbranched alkanes of at least 4 members (excludes halogenated alkanes) is 28. The topological polar surface area (TPSA) is 149 Å². The van der Waals surface area contributed by atoms with E-state index in [2.05, 4.69) is 92.1 Å². The minimum atomic E-state index is -1.57. The zero-order chi connectivity index (χ0) is 52.2. The van der Waals surface area contributed by atoms with Crippen molar-refractivity contribution < 1.29 is 39.8 Å². The van der Waals surface area contributed by atoms with E-state index in [4.69, 9.17) is 9.47 Å². The molecule has 0 bridgehead atoms. The molecule has 6 N–H and O–H groups in total. The van der Waals surface area contributed by atoms with Crippen LogP contribution in [0.3, 0.4) is 0 Å². The first-order chi connectivity index (χ1) is 35.3. The Kier molecular flexibility index (Phi) is 48.5. The molecule has 7 unspecified atom stereocenters. The minimum Gasteiger partial charge on any atom is -0.394 e. The molecule has 1 aliphatic rings. The van der Waals surface area contributed by atoms with Crippen molar-refractivity contribution in [3.05, 3.63) is 85.1 Å². The van der Waals surface area contributed by atoms with E-state index in [1.54, 1.807) is 6.08 Å². The summed E-state index contributed by atoms with van der Waals surface area (Å²) >= 11 is 0. The number of ether oxygens (including phenoxy) is 2. The molecule has 1 rings (SSSR count). The molecule has 9 nitrogen and oxygen atoms in total. The quantitative estimate of drug-likeness (QED) is 0.0261. The Bertz CT molecular complexity index is 1400. The molecule has 1 fully saturated rings. The summed E-state index contributed by atoms with van der Waals surface area (Å²) in [4.78, 5) is 13.1. The number of carbonyl (C=O) groups is 1. The first-order valence-electron chi connectivity index (χ1n) is 29.8. The largest absolute Gasteiger partial charge is 0.394 e. The van der Waals surface area contributed by atoms with Crippen molar-refractivity contribution >= 4 is 5.91 Å². The number of amides is 1. The van der Waals surface area contributed by atoms with Gasteiger partial charge in [0.1, 0.15) is 24.4 Å². The van der Waals surface area contributed by atoms with Gasteiger partial charge in [0, 0.05) is 6.42 Å². The first kappa shape index (κ1) is 67.4. The van der Waals surface area contributed by atoms with E-state index in [9.17, 15) is 30.3 Å². The second-order valence-electron chi connectivity index (χ2n) is 20.4. The van der Waals surface area contributed by atoms with Crippen LogP contribution in [0.1, 0.15) is 251 Å². The minimum absolute atomic E-state index is 0.183. The molecule has 72 heavy (non-hydrogen) atoms. The van der Waals surface area contributed by atoms with Crippen LogP contribution in [0.5, 0.6) is 0 Å². The van der Waals surface area contributed by atoms with Crippen LogP contribution in [-0.2, 0) is 14.3 Å². The number of nitrogens with one attached hydrogen (secondary N) is 1. The summed E-state index contributed by atoms with van der Waals surface area (Å²) in [5.74, 6) is -0.183. The summed E-state index contributed by atoms with van der Waals surface area (Å²) < 4.78 is 11.3. The Morgan fingerprint density at radius 1 is 0.486 bits per heavy atom. The van der Waals surface area contributed by atoms with Crippen molar-refractivity contribution in [1.29, 1.82) is 0 Å². The van der Waals surface area contributed by atoms with Gasteiger partial charge >= 0.3 is 0 Å². The normalized spacial score (nSPS) is 19.8. The van der Waals surface area contributed by atoms with Crippen molar-refractivity contribution in [3.8, 4) is 0 Å². The average Bonchev–Trinajstić information content (AvgIpc) is 3.38. The summed E-state index contributed by atoms with van der Waals surface area (Å²) in [7, 11) is 0. The SMILES string of the molecule is CC/C=C\C/C=C\C/C=C\C/C=C\C/C=C\C/C=C\CCCCCCCCCCCCC(=O)NC(COC1OC(CO)C(O)C(O)C1O)C(O)/C=C/CCCCCCCCCCCCCCCCCCCC. The van der Waals surface area contributed by atoms with Gasteiger partial charge in [-0.05, 0) is 70.6 Å². The van der Waals surface area contributed by atoms with E-state index in [1.165, 1.54) is 148 Å². The molecule has 1 amide bonds. The molecule has 0 aromatic carbocycles. The monoisotopic (exact) mass is 1010 g/mol. The van der Waals surface area contributed by atoms with E-state index >= 15 is 0 Å². The number of aliphatic hydroxyl groups is 5. The highest BCUT2D eigenvalue weighted by atomic mass is 16.7. The molecule has 7 atom stereocenters. The highest BCUT2D eigenvalue weighted by molar-refractivity contribution is 5.76. The van der Waals surface area contributed by atoms with Gasteiger partial charge in [-0.15, -0.1) is 0 Å². The van der Waals surface area contributed by atoms with Gasteiger partial charge < -0.3 is 40.3 Å². The zero-order valence-electron chi connectivity index (χ0n) is 46.2. The maximum absolute atomic E-state index is 13.1. The van der Waals surface area contributed by atoms with Crippen molar-refractivity contribution in [3.63, 3.8) is 0 Å². The summed E-state index contributed by atoms with van der Waals surface area (Å²) in [6.45, 7) is 3.68. The number of hydrogen-bond acceptors (Lipinski definition) is 8. The lowest BCUT2D eigenvalue weighted by Gasteiger charge is -2.40. The lowest BCUT2D eigenvalue weighted by molar-refractivity contribution is -0.302. The predicted octanol–water partition coefficient (Wildman–Crippen LogP) is 15.0. The van der Waals surface area contributed by atoms with Crippen LogP contribution in [0, 0.1) is 0 Å². The number of allylic oxidation sites excluding steroid dienone is 13. The molecule has 0 aliphatic carbocycles. The lowest BCUT2D eigenvalue weighted by Crippen LogP contribution is -2.60. The van der Waals surface area contributed by atoms with Crippen molar-refractivity contribution in [1.82, 2.24) is 5.32 Å². The van der Waals surface area contributed by atoms with Gasteiger partial charge in [0.2, 0.25) is 5.91 Å². The fraction of sp³-hybridized carbons (Fsp3) is 0.762. The van der Waals surface area contributed by atoms with Crippen LogP contribution in [-0.4, -0.2) is 87.5 Å². The third-order valence-electron chi connectivity index (χ3n) is 13.7. The van der Waals surface area contributed by atoms with Crippen molar-refractivity contribution in [2.75, 3.05) is 13.2 Å². The van der Waals surface area contributed by atoms with E-state index in [0.717, 1.165) is 83.5 Å². The molecular weight excluding hydrogens is 899 g/mol. The van der Waals surface area contributed by atoms with Crippen LogP contribution in [0.25, 0.3) is 0 Å². The summed E-state index contributed by atoms with van der Waals surface area (Å²) in [6.07, 6.45) is 66.4. The molecule has 0 aromatic heterocycles. The van der Waals surface area contributed by atoms with Gasteiger partial charge in [-0.25, -0.2) is 0 Å². The molecule has 0 spiro atoms. The van der Waals surface area contributed by atoms with Gasteiger partial charge in [0.25, 0.3) is 0 Å². The fourth-order valence-corrected chi connectivity index (χ4v) is 9.04. The Morgan fingerprint density at radius 2 is 0.861 bits per heavy atom. The Labute approximate surface area is 441 Å². The standard InChI is InChI=1S/C63H111NO8/c1-3-5-7-9-11-13-15-17-19-21-23-25-26-27-28-29-30-31-32-33-35-37-39-41-43-45-47-49-51-53-59(67)64-56(55-71-63-62(70)61(69)60(68)58(54-65)72-63)57(66)52-50-48-46-44-42-40-38-36-34-24-22-20-18-16-14-12-10-8-6-4-2/h5,7,11,13,17,19,23,25,27-28,30-31,50,52,56-58,60-63,65-66,68-70H,3-4,6,8-10,12,14-16,18,20-22,24,26,29,32-49,51,53-55H2,1-2H3,(H,64,67)/b7-5-,13-11-,19-17-,25-23-,28-27-,31-30-,52-50+. The van der Waals surface area contributed by atoms with Crippen LogP contribution in [0.15, 0.2) is 85.1 Å². The van der Waals surface area contributed by atoms with Crippen molar-refractivity contribution in [2.24, 2.45) is 0 Å². The molecule has 1 aliphatic heterocycles. The summed E-state index contributed by atoms with van der Waals surface area (Å²) in [5, 5.41) is 54.6. The smallest absolute Gasteiger partial charge is 0.220 e. The Balaban J connectivity index is 2.22. The highest BCUT2D eigenvalue weighted by Crippen LogP contribution is 2.23. The van der Waals surface area contributed by atoms with Gasteiger partial charge in [0.15, 0.2) is 6.29 Å². The third-order valence-corrected chi connectivity index (χ3v) is 13.7. The molecule has 1 heterocycles. The first-order valence-corrected chi connectivity index (χ1v) is 29.8. The number of carbonyl (C=O) groups excluding carboxylic acids is 1. The van der Waals surface area contributed by atoms with Gasteiger partial charge in [-0.2, -0.15) is 0 Å². The number of aliphatic hydroxyl groups excluding tert-OH is 5. The highest BCUT2D eigenvalue weighted by Gasteiger charge is 2.44. The zero-order valence-corrected chi connectivity index (χ0v) is 46.2. The fourth-order valence-electron chi connectivity index (χ4n) is 9.04.